The SMILES string of the molecule is CCC(=O)N1CCCC(C)(C(=O)Nc2nccc3cccnc23)C1. The van der Waals surface area contributed by atoms with Gasteiger partial charge in [0.15, 0.2) is 5.82 Å². The number of piperidine rings is 1. The van der Waals surface area contributed by atoms with Crippen molar-refractivity contribution in [2.24, 2.45) is 5.41 Å². The summed E-state index contributed by atoms with van der Waals surface area (Å²) in [5, 5.41) is 3.85. The van der Waals surface area contributed by atoms with Crippen molar-refractivity contribution in [2.75, 3.05) is 18.4 Å². The average Bonchev–Trinajstić information content (AvgIpc) is 2.61. The van der Waals surface area contributed by atoms with Gasteiger partial charge >= 0.3 is 0 Å². The van der Waals surface area contributed by atoms with Gasteiger partial charge in [-0.2, -0.15) is 0 Å². The van der Waals surface area contributed by atoms with Crippen LogP contribution in [0.2, 0.25) is 0 Å². The van der Waals surface area contributed by atoms with Gasteiger partial charge in [0.25, 0.3) is 0 Å². The van der Waals surface area contributed by atoms with E-state index in [2.05, 4.69) is 15.3 Å². The molecule has 1 saturated heterocycles. The Kier molecular flexibility index (Phi) is 4.46. The van der Waals surface area contributed by atoms with Gasteiger partial charge in [0, 0.05) is 37.3 Å². The summed E-state index contributed by atoms with van der Waals surface area (Å²) in [5.41, 5.74) is 0.0658. The predicted octanol–water partition coefficient (Wildman–Crippen LogP) is 2.61. The number of hydrogen-bond acceptors (Lipinski definition) is 4. The Morgan fingerprint density at radius 2 is 2.12 bits per heavy atom. The summed E-state index contributed by atoms with van der Waals surface area (Å²) in [5.74, 6) is 0.457. The van der Waals surface area contributed by atoms with E-state index in [4.69, 9.17) is 0 Å². The average molecular weight is 326 g/mol. The number of nitrogens with one attached hydrogen (secondary N) is 1. The highest BCUT2D eigenvalue weighted by molar-refractivity contribution is 6.01. The van der Waals surface area contributed by atoms with Gasteiger partial charge in [-0.1, -0.05) is 13.0 Å². The lowest BCUT2D eigenvalue weighted by molar-refractivity contribution is -0.138. The van der Waals surface area contributed by atoms with Crippen molar-refractivity contribution >= 4 is 28.5 Å². The lowest BCUT2D eigenvalue weighted by Gasteiger charge is -2.39. The van der Waals surface area contributed by atoms with E-state index < -0.39 is 5.41 Å². The van der Waals surface area contributed by atoms with Gasteiger partial charge in [0.2, 0.25) is 11.8 Å². The molecule has 1 unspecified atom stereocenters. The predicted molar refractivity (Wildman–Crippen MR) is 92.4 cm³/mol. The Hall–Kier alpha value is -2.50. The molecule has 6 nitrogen and oxygen atoms in total. The molecule has 0 spiro atoms. The molecule has 3 heterocycles. The van der Waals surface area contributed by atoms with E-state index in [0.29, 0.717) is 24.3 Å². The molecule has 0 aromatic carbocycles. The van der Waals surface area contributed by atoms with Crippen LogP contribution >= 0.6 is 0 Å². The number of likely N-dealkylation sites (tertiary alicyclic amines) is 1. The quantitative estimate of drug-likeness (QED) is 0.941. The second-order valence-electron chi connectivity index (χ2n) is 6.52. The minimum absolute atomic E-state index is 0.0960. The van der Waals surface area contributed by atoms with Crippen molar-refractivity contribution in [3.05, 3.63) is 30.6 Å². The molecule has 1 atom stereocenters. The highest BCUT2D eigenvalue weighted by atomic mass is 16.2. The van der Waals surface area contributed by atoms with Gasteiger partial charge < -0.3 is 10.2 Å². The molecule has 3 rings (SSSR count). The number of aromatic nitrogens is 2. The molecular weight excluding hydrogens is 304 g/mol. The van der Waals surface area contributed by atoms with Gasteiger partial charge in [-0.25, -0.2) is 4.98 Å². The van der Waals surface area contributed by atoms with E-state index in [1.54, 1.807) is 17.3 Å². The third-order valence-electron chi connectivity index (χ3n) is 4.65. The summed E-state index contributed by atoms with van der Waals surface area (Å²) in [4.78, 5) is 35.2. The zero-order valence-electron chi connectivity index (χ0n) is 14.1. The molecule has 0 bridgehead atoms. The standard InChI is InChI=1S/C18H22N4O2/c1-3-14(23)22-11-5-8-18(2,12-22)17(24)21-16-15-13(7-10-20-16)6-4-9-19-15/h4,6-7,9-10H,3,5,8,11-12H2,1-2H3,(H,20,21,24). The lowest BCUT2D eigenvalue weighted by Crippen LogP contribution is -2.50. The summed E-state index contributed by atoms with van der Waals surface area (Å²) >= 11 is 0. The molecule has 2 aromatic heterocycles. The first kappa shape index (κ1) is 16.4. The molecule has 0 saturated carbocycles. The van der Waals surface area contributed by atoms with Crippen LogP contribution in [0.3, 0.4) is 0 Å². The molecule has 1 aliphatic rings. The normalized spacial score (nSPS) is 20.8. The highest BCUT2D eigenvalue weighted by Crippen LogP contribution is 2.31. The van der Waals surface area contributed by atoms with E-state index in [0.717, 1.165) is 24.8 Å². The first-order chi connectivity index (χ1) is 11.5. The van der Waals surface area contributed by atoms with Crippen LogP contribution in [0.15, 0.2) is 30.6 Å². The van der Waals surface area contributed by atoms with Crippen LogP contribution in [0.4, 0.5) is 5.82 Å². The first-order valence-corrected chi connectivity index (χ1v) is 8.32. The minimum Gasteiger partial charge on any atom is -0.342 e. The zero-order valence-corrected chi connectivity index (χ0v) is 14.1. The summed E-state index contributed by atoms with van der Waals surface area (Å²) in [6.07, 6.45) is 5.40. The minimum atomic E-state index is -0.609. The number of amides is 2. The number of carbonyl (C=O) groups is 2. The molecule has 0 radical (unpaired) electrons. The largest absolute Gasteiger partial charge is 0.342 e. The number of fused-ring (bicyclic) bond motifs is 1. The Morgan fingerprint density at radius 1 is 1.29 bits per heavy atom. The molecule has 1 aliphatic heterocycles. The van der Waals surface area contributed by atoms with Crippen molar-refractivity contribution in [3.63, 3.8) is 0 Å². The van der Waals surface area contributed by atoms with Crippen LogP contribution in [-0.2, 0) is 9.59 Å². The van der Waals surface area contributed by atoms with Crippen molar-refractivity contribution < 1.29 is 9.59 Å². The fourth-order valence-corrected chi connectivity index (χ4v) is 3.21. The number of nitrogens with zero attached hydrogens (tertiary/aromatic N) is 3. The first-order valence-electron chi connectivity index (χ1n) is 8.32. The van der Waals surface area contributed by atoms with Crippen molar-refractivity contribution in [1.29, 1.82) is 0 Å². The topological polar surface area (TPSA) is 75.2 Å². The maximum atomic E-state index is 12.9. The molecule has 2 amide bonds. The summed E-state index contributed by atoms with van der Waals surface area (Å²) in [7, 11) is 0. The number of pyridine rings is 2. The smallest absolute Gasteiger partial charge is 0.233 e. The Labute approximate surface area is 141 Å². The molecule has 1 fully saturated rings. The second kappa shape index (κ2) is 6.55. The van der Waals surface area contributed by atoms with Gasteiger partial charge in [0.05, 0.1) is 5.41 Å². The second-order valence-corrected chi connectivity index (χ2v) is 6.52. The Bertz CT molecular complexity index is 771. The molecule has 1 N–H and O–H groups in total. The molecular formula is C18H22N4O2. The number of hydrogen-bond donors (Lipinski definition) is 1. The lowest BCUT2D eigenvalue weighted by atomic mass is 9.81. The maximum Gasteiger partial charge on any atom is 0.233 e. The van der Waals surface area contributed by atoms with E-state index in [1.807, 2.05) is 32.0 Å². The molecule has 24 heavy (non-hydrogen) atoms. The van der Waals surface area contributed by atoms with Gasteiger partial charge in [-0.15, -0.1) is 0 Å². The van der Waals surface area contributed by atoms with Crippen LogP contribution in [0, 0.1) is 5.41 Å². The van der Waals surface area contributed by atoms with E-state index >= 15 is 0 Å². The van der Waals surface area contributed by atoms with Gasteiger partial charge in [-0.05, 0) is 31.9 Å². The Morgan fingerprint density at radius 3 is 2.92 bits per heavy atom. The third kappa shape index (κ3) is 3.09. The van der Waals surface area contributed by atoms with Crippen molar-refractivity contribution in [3.8, 4) is 0 Å². The monoisotopic (exact) mass is 326 g/mol. The number of anilines is 1. The van der Waals surface area contributed by atoms with Crippen LogP contribution in [-0.4, -0.2) is 39.8 Å². The van der Waals surface area contributed by atoms with Crippen LogP contribution in [0.1, 0.15) is 33.1 Å². The molecule has 6 heteroatoms. The van der Waals surface area contributed by atoms with Crippen molar-refractivity contribution in [1.82, 2.24) is 14.9 Å². The van der Waals surface area contributed by atoms with Gasteiger partial charge in [0.1, 0.15) is 5.52 Å². The molecule has 0 aliphatic carbocycles. The summed E-state index contributed by atoms with van der Waals surface area (Å²) in [6, 6.07) is 5.65. The number of carbonyl (C=O) groups excluding carboxylic acids is 2. The van der Waals surface area contributed by atoms with Crippen molar-refractivity contribution in [2.45, 2.75) is 33.1 Å². The molecule has 126 valence electrons. The summed E-state index contributed by atoms with van der Waals surface area (Å²) in [6.45, 7) is 4.93. The summed E-state index contributed by atoms with van der Waals surface area (Å²) < 4.78 is 0. The fraction of sp³-hybridized carbons (Fsp3) is 0.444. The number of rotatable bonds is 3. The third-order valence-corrected chi connectivity index (χ3v) is 4.65. The fourth-order valence-electron chi connectivity index (χ4n) is 3.21. The van der Waals surface area contributed by atoms with E-state index in [-0.39, 0.29) is 11.8 Å². The highest BCUT2D eigenvalue weighted by Gasteiger charge is 2.39. The van der Waals surface area contributed by atoms with E-state index in [1.165, 1.54) is 0 Å². The van der Waals surface area contributed by atoms with Crippen LogP contribution in [0.25, 0.3) is 10.9 Å². The van der Waals surface area contributed by atoms with Crippen LogP contribution < -0.4 is 5.32 Å². The Balaban J connectivity index is 1.81. The maximum absolute atomic E-state index is 12.9. The van der Waals surface area contributed by atoms with Crippen LogP contribution in [0.5, 0.6) is 0 Å². The van der Waals surface area contributed by atoms with Gasteiger partial charge in [-0.3, -0.25) is 14.6 Å². The zero-order chi connectivity index (χ0) is 17.2. The molecule has 2 aromatic rings. The van der Waals surface area contributed by atoms with E-state index in [9.17, 15) is 9.59 Å².